The minimum absolute atomic E-state index is 0.0101. The molecule has 174 valence electrons. The molecule has 0 spiro atoms. The predicted octanol–water partition coefficient (Wildman–Crippen LogP) is 1.77. The van der Waals surface area contributed by atoms with Crippen molar-refractivity contribution in [2.45, 2.75) is 30.2 Å². The molecule has 1 fully saturated rings. The molecule has 1 aliphatic rings. The van der Waals surface area contributed by atoms with Crippen molar-refractivity contribution < 1.29 is 26.2 Å². The molecular weight excluding hydrogens is 468 g/mol. The molecule has 10 nitrogen and oxygen atoms in total. The zero-order valence-electron chi connectivity index (χ0n) is 17.5. The Labute approximate surface area is 191 Å². The largest absolute Gasteiger partial charge is 0.339 e. The Balaban J connectivity index is 1.30. The topological polar surface area (TPSA) is 148 Å². The quantitative estimate of drug-likeness (QED) is 0.485. The molecule has 1 atom stereocenters. The molecule has 0 radical (unpaired) electrons. The van der Waals surface area contributed by atoms with Gasteiger partial charge in [0.15, 0.2) is 9.84 Å². The van der Waals surface area contributed by atoms with Gasteiger partial charge < -0.3 is 9.84 Å². The maximum Gasteiger partial charge on any atom is 0.240 e. The van der Waals surface area contributed by atoms with E-state index in [4.69, 9.17) is 4.52 Å². The van der Waals surface area contributed by atoms with Crippen LogP contribution in [-0.2, 0) is 31.1 Å². The predicted molar refractivity (Wildman–Crippen MR) is 121 cm³/mol. The van der Waals surface area contributed by atoms with E-state index in [1.54, 1.807) is 0 Å². The number of nitrogens with zero attached hydrogens (tertiary/aromatic N) is 2. The van der Waals surface area contributed by atoms with Crippen molar-refractivity contribution in [3.63, 3.8) is 0 Å². The van der Waals surface area contributed by atoms with Crippen LogP contribution in [0.4, 0.5) is 5.69 Å². The van der Waals surface area contributed by atoms with Crippen LogP contribution in [0.25, 0.3) is 11.4 Å². The molecule has 2 N–H and O–H groups in total. The van der Waals surface area contributed by atoms with Gasteiger partial charge in [0.25, 0.3) is 0 Å². The Bertz CT molecular complexity index is 1340. The molecule has 12 heteroatoms. The summed E-state index contributed by atoms with van der Waals surface area (Å²) in [7, 11) is -7.06. The van der Waals surface area contributed by atoms with Gasteiger partial charge in [0.2, 0.25) is 27.6 Å². The third-order valence-electron chi connectivity index (χ3n) is 5.07. The Morgan fingerprint density at radius 3 is 2.48 bits per heavy atom. The summed E-state index contributed by atoms with van der Waals surface area (Å²) in [5.74, 6) is 0.270. The molecule has 0 unspecified atom stereocenters. The fourth-order valence-electron chi connectivity index (χ4n) is 3.40. The van der Waals surface area contributed by atoms with Crippen molar-refractivity contribution in [2.24, 2.45) is 0 Å². The van der Waals surface area contributed by atoms with Gasteiger partial charge in [0.05, 0.1) is 16.4 Å². The van der Waals surface area contributed by atoms with E-state index in [0.29, 0.717) is 17.4 Å². The van der Waals surface area contributed by atoms with E-state index < -0.39 is 25.9 Å². The van der Waals surface area contributed by atoms with Crippen LogP contribution in [0.5, 0.6) is 0 Å². The molecular formula is C21H22N4O6S2. The number of aromatic nitrogens is 2. The van der Waals surface area contributed by atoms with Crippen LogP contribution in [0.1, 0.15) is 18.7 Å². The Morgan fingerprint density at radius 1 is 1.09 bits per heavy atom. The summed E-state index contributed by atoms with van der Waals surface area (Å²) in [6, 6.07) is 14.3. The summed E-state index contributed by atoms with van der Waals surface area (Å²) in [6.07, 6.45) is 0.614. The zero-order valence-corrected chi connectivity index (χ0v) is 19.1. The number of carbonyl (C=O) groups is 1. The highest BCUT2D eigenvalue weighted by atomic mass is 32.2. The molecule has 2 heterocycles. The second-order valence-corrected chi connectivity index (χ2v) is 11.6. The van der Waals surface area contributed by atoms with Crippen LogP contribution < -0.4 is 10.0 Å². The minimum Gasteiger partial charge on any atom is -0.339 e. The van der Waals surface area contributed by atoms with E-state index in [9.17, 15) is 21.6 Å². The van der Waals surface area contributed by atoms with Gasteiger partial charge >= 0.3 is 0 Å². The smallest absolute Gasteiger partial charge is 0.240 e. The van der Waals surface area contributed by atoms with E-state index >= 15 is 0 Å². The van der Waals surface area contributed by atoms with Crippen molar-refractivity contribution in [2.75, 3.05) is 16.8 Å². The number of carbonyl (C=O) groups excluding carboxylic acids is 1. The molecule has 0 bridgehead atoms. The molecule has 4 rings (SSSR count). The van der Waals surface area contributed by atoms with Crippen LogP contribution in [0.2, 0.25) is 0 Å². The summed E-state index contributed by atoms with van der Waals surface area (Å²) < 4.78 is 55.6. The van der Waals surface area contributed by atoms with E-state index in [0.717, 1.165) is 5.56 Å². The van der Waals surface area contributed by atoms with Gasteiger partial charge in [-0.05, 0) is 30.7 Å². The Hall–Kier alpha value is -3.09. The molecule has 0 saturated carbocycles. The van der Waals surface area contributed by atoms with E-state index in [1.165, 1.54) is 24.3 Å². The fourth-order valence-corrected chi connectivity index (χ4v) is 6.45. The Kier molecular flexibility index (Phi) is 6.58. The highest BCUT2D eigenvalue weighted by Gasteiger charge is 2.31. The molecule has 1 aromatic heterocycles. The van der Waals surface area contributed by atoms with E-state index in [1.807, 2.05) is 30.3 Å². The monoisotopic (exact) mass is 490 g/mol. The fraction of sp³-hybridized carbons (Fsp3) is 0.286. The number of hydrogen-bond donors (Lipinski definition) is 2. The maximum atomic E-state index is 12.5. The van der Waals surface area contributed by atoms with Crippen LogP contribution in [0.15, 0.2) is 64.0 Å². The average Bonchev–Trinajstić information content (AvgIpc) is 3.39. The van der Waals surface area contributed by atoms with Crippen LogP contribution in [0.3, 0.4) is 0 Å². The standard InChI is InChI=1S/C21H22N4O6S2/c26-19(10-11-20-23-21(24-31-20)15-4-2-1-3-5-15)22-16-6-8-18(9-7-16)33(29,30)25-17-12-13-32(27,28)14-17/h1-9,17,25H,10-14H2,(H,22,26)/t17-/m0/s1. The minimum atomic E-state index is -3.86. The van der Waals surface area contributed by atoms with Crippen LogP contribution in [0, 0.1) is 0 Å². The average molecular weight is 491 g/mol. The first kappa shape index (κ1) is 23.1. The number of aryl methyl sites for hydroxylation is 1. The highest BCUT2D eigenvalue weighted by Crippen LogP contribution is 2.19. The SMILES string of the molecule is O=C(CCc1nc(-c2ccccc2)no1)Nc1ccc(S(=O)(=O)N[C@H]2CCS(=O)(=O)C2)cc1. The third-order valence-corrected chi connectivity index (χ3v) is 8.37. The molecule has 3 aromatic rings. The second-order valence-electron chi connectivity index (χ2n) is 7.67. The normalized spacial score (nSPS) is 17.6. The number of rotatable bonds is 8. The van der Waals surface area contributed by atoms with Crippen molar-refractivity contribution in [3.05, 3.63) is 60.5 Å². The number of anilines is 1. The van der Waals surface area contributed by atoms with Crippen molar-refractivity contribution in [1.29, 1.82) is 0 Å². The first-order chi connectivity index (χ1) is 15.7. The van der Waals surface area contributed by atoms with Gasteiger partial charge in [0.1, 0.15) is 0 Å². The molecule has 33 heavy (non-hydrogen) atoms. The zero-order chi connectivity index (χ0) is 23.5. The lowest BCUT2D eigenvalue weighted by Crippen LogP contribution is -2.35. The maximum absolute atomic E-state index is 12.5. The second kappa shape index (κ2) is 9.41. The summed E-state index contributed by atoms with van der Waals surface area (Å²) in [5.41, 5.74) is 1.24. The van der Waals surface area contributed by atoms with Gasteiger partial charge in [0, 0.05) is 30.1 Å². The van der Waals surface area contributed by atoms with Crippen molar-refractivity contribution >= 4 is 31.5 Å². The number of sulfone groups is 1. The number of hydrogen-bond acceptors (Lipinski definition) is 8. The molecule has 1 amide bonds. The first-order valence-electron chi connectivity index (χ1n) is 10.2. The van der Waals surface area contributed by atoms with Gasteiger partial charge in [-0.2, -0.15) is 4.98 Å². The first-order valence-corrected chi connectivity index (χ1v) is 13.5. The van der Waals surface area contributed by atoms with Crippen LogP contribution >= 0.6 is 0 Å². The molecule has 1 saturated heterocycles. The molecule has 0 aliphatic carbocycles. The van der Waals surface area contributed by atoms with Gasteiger partial charge in [-0.15, -0.1) is 0 Å². The molecule has 1 aliphatic heterocycles. The number of nitrogens with one attached hydrogen (secondary N) is 2. The lowest BCUT2D eigenvalue weighted by Gasteiger charge is -2.12. The number of sulfonamides is 1. The van der Waals surface area contributed by atoms with Gasteiger partial charge in [-0.1, -0.05) is 35.5 Å². The van der Waals surface area contributed by atoms with Crippen LogP contribution in [-0.4, -0.2) is 50.4 Å². The molecule has 2 aromatic carbocycles. The van der Waals surface area contributed by atoms with Crippen molar-refractivity contribution in [3.8, 4) is 11.4 Å². The summed E-state index contributed by atoms with van der Waals surface area (Å²) in [6.45, 7) is 0. The number of amides is 1. The van der Waals surface area contributed by atoms with E-state index in [2.05, 4.69) is 20.2 Å². The summed E-state index contributed by atoms with van der Waals surface area (Å²) in [4.78, 5) is 16.5. The Morgan fingerprint density at radius 2 is 1.82 bits per heavy atom. The summed E-state index contributed by atoms with van der Waals surface area (Å²) in [5, 5.41) is 6.60. The van der Waals surface area contributed by atoms with Gasteiger partial charge in [-0.3, -0.25) is 4.79 Å². The van der Waals surface area contributed by atoms with Crippen molar-refractivity contribution in [1.82, 2.24) is 14.9 Å². The lowest BCUT2D eigenvalue weighted by molar-refractivity contribution is -0.116. The van der Waals surface area contributed by atoms with Gasteiger partial charge in [-0.25, -0.2) is 21.6 Å². The summed E-state index contributed by atoms with van der Waals surface area (Å²) >= 11 is 0. The third kappa shape index (κ3) is 6.03. The lowest BCUT2D eigenvalue weighted by atomic mass is 10.2. The number of benzene rings is 2. The van der Waals surface area contributed by atoms with E-state index in [-0.39, 0.29) is 41.6 Å². The highest BCUT2D eigenvalue weighted by molar-refractivity contribution is 7.92.